The summed E-state index contributed by atoms with van der Waals surface area (Å²) in [6.07, 6.45) is 4.65. The second-order valence-corrected chi connectivity index (χ2v) is 4.03. The van der Waals surface area contributed by atoms with Crippen molar-refractivity contribution in [3.05, 3.63) is 24.0 Å². The van der Waals surface area contributed by atoms with E-state index in [0.29, 0.717) is 0 Å². The monoisotopic (exact) mass is 223 g/mol. The maximum atomic E-state index is 4.24. The highest BCUT2D eigenvalue weighted by Crippen LogP contribution is 2.09. The molecule has 2 aromatic heterocycles. The molecule has 0 unspecified atom stereocenters. The quantitative estimate of drug-likeness (QED) is 0.847. The van der Waals surface area contributed by atoms with E-state index in [9.17, 15) is 0 Å². The molecule has 0 saturated heterocycles. The maximum Gasteiger partial charge on any atom is 0.202 e. The van der Waals surface area contributed by atoms with Gasteiger partial charge >= 0.3 is 0 Å². The predicted molar refractivity (Wildman–Crippen MR) is 60.0 cm³/mol. The van der Waals surface area contributed by atoms with E-state index >= 15 is 0 Å². The van der Waals surface area contributed by atoms with Crippen LogP contribution in [-0.4, -0.2) is 25.5 Å². The molecule has 1 N–H and O–H groups in total. The summed E-state index contributed by atoms with van der Waals surface area (Å²) in [5, 5.41) is 4.10. The zero-order chi connectivity index (χ0) is 10.7. The summed E-state index contributed by atoms with van der Waals surface area (Å²) in [5.74, 6) is 1.89. The second kappa shape index (κ2) is 4.39. The number of nitrogens with zero attached hydrogens (tertiary/aromatic N) is 4. The van der Waals surface area contributed by atoms with Crippen molar-refractivity contribution < 1.29 is 0 Å². The van der Waals surface area contributed by atoms with Gasteiger partial charge in [-0.15, -0.1) is 0 Å². The predicted octanol–water partition coefficient (Wildman–Crippen LogP) is 1.23. The molecule has 0 fully saturated rings. The smallest absolute Gasteiger partial charge is 0.202 e. The Balaban J connectivity index is 1.83. The fraction of sp³-hybridized carbons (Fsp3) is 0.444. The Morgan fingerprint density at radius 1 is 1.53 bits per heavy atom. The van der Waals surface area contributed by atoms with E-state index in [2.05, 4.69) is 19.7 Å². The van der Waals surface area contributed by atoms with Crippen molar-refractivity contribution in [3.8, 4) is 0 Å². The Kier molecular flexibility index (Phi) is 2.96. The van der Waals surface area contributed by atoms with Gasteiger partial charge in [0.2, 0.25) is 5.13 Å². The maximum absolute atomic E-state index is 4.24. The Bertz CT molecular complexity index is 433. The number of aryl methyl sites for hydroxylation is 2. The lowest BCUT2D eigenvalue weighted by atomic mass is 10.4. The number of rotatable bonds is 4. The van der Waals surface area contributed by atoms with Crippen LogP contribution in [0.25, 0.3) is 0 Å². The Morgan fingerprint density at radius 2 is 2.40 bits per heavy atom. The third-order valence-corrected chi connectivity index (χ3v) is 2.84. The van der Waals surface area contributed by atoms with Crippen molar-refractivity contribution in [2.24, 2.45) is 7.05 Å². The van der Waals surface area contributed by atoms with E-state index in [1.807, 2.05) is 30.9 Å². The highest BCUT2D eigenvalue weighted by atomic mass is 32.1. The van der Waals surface area contributed by atoms with Gasteiger partial charge in [0, 0.05) is 43.9 Å². The van der Waals surface area contributed by atoms with Crippen LogP contribution in [0.4, 0.5) is 5.13 Å². The average molecular weight is 223 g/mol. The van der Waals surface area contributed by atoms with Gasteiger partial charge in [-0.2, -0.15) is 4.37 Å². The van der Waals surface area contributed by atoms with Gasteiger partial charge in [0.25, 0.3) is 0 Å². The van der Waals surface area contributed by atoms with Crippen LogP contribution >= 0.6 is 11.5 Å². The van der Waals surface area contributed by atoms with E-state index in [1.165, 1.54) is 11.5 Å². The number of hydrogen-bond acceptors (Lipinski definition) is 5. The van der Waals surface area contributed by atoms with Crippen molar-refractivity contribution in [2.75, 3.05) is 11.9 Å². The molecule has 0 radical (unpaired) electrons. The molecule has 15 heavy (non-hydrogen) atoms. The van der Waals surface area contributed by atoms with Gasteiger partial charge in [0.15, 0.2) is 0 Å². The molecule has 2 heterocycles. The molecule has 0 aliphatic carbocycles. The first-order valence-electron chi connectivity index (χ1n) is 4.76. The van der Waals surface area contributed by atoms with Crippen LogP contribution < -0.4 is 5.32 Å². The van der Waals surface area contributed by atoms with Crippen molar-refractivity contribution in [3.63, 3.8) is 0 Å². The molecule has 2 aromatic rings. The number of aromatic nitrogens is 4. The van der Waals surface area contributed by atoms with Crippen molar-refractivity contribution in [1.29, 1.82) is 0 Å². The lowest BCUT2D eigenvalue weighted by Gasteiger charge is -2.02. The summed E-state index contributed by atoms with van der Waals surface area (Å²) in [6, 6.07) is 0. The fourth-order valence-corrected chi connectivity index (χ4v) is 1.89. The van der Waals surface area contributed by atoms with Crippen LogP contribution in [0.3, 0.4) is 0 Å². The van der Waals surface area contributed by atoms with Gasteiger partial charge in [0.05, 0.1) is 0 Å². The van der Waals surface area contributed by atoms with Crippen molar-refractivity contribution in [2.45, 2.75) is 13.3 Å². The molecule has 5 nitrogen and oxygen atoms in total. The Morgan fingerprint density at radius 3 is 3.00 bits per heavy atom. The van der Waals surface area contributed by atoms with E-state index in [0.717, 1.165) is 29.7 Å². The van der Waals surface area contributed by atoms with Gasteiger partial charge in [-0.05, 0) is 6.92 Å². The lowest BCUT2D eigenvalue weighted by Crippen LogP contribution is -2.08. The summed E-state index contributed by atoms with van der Waals surface area (Å²) < 4.78 is 6.12. The third kappa shape index (κ3) is 2.53. The second-order valence-electron chi connectivity index (χ2n) is 3.28. The van der Waals surface area contributed by atoms with Crippen LogP contribution in [-0.2, 0) is 13.5 Å². The fourth-order valence-electron chi connectivity index (χ4n) is 1.29. The van der Waals surface area contributed by atoms with Crippen LogP contribution in [0, 0.1) is 6.92 Å². The van der Waals surface area contributed by atoms with Crippen LogP contribution in [0.5, 0.6) is 0 Å². The number of nitrogens with one attached hydrogen (secondary N) is 1. The molecule has 0 amide bonds. The molecule has 0 aliphatic heterocycles. The first-order chi connectivity index (χ1) is 7.25. The van der Waals surface area contributed by atoms with Crippen LogP contribution in [0.15, 0.2) is 12.4 Å². The minimum absolute atomic E-state index is 0.819. The number of hydrogen-bond donors (Lipinski definition) is 1. The molecular weight excluding hydrogens is 210 g/mol. The zero-order valence-electron chi connectivity index (χ0n) is 8.77. The Hall–Kier alpha value is -1.43. The summed E-state index contributed by atoms with van der Waals surface area (Å²) in [5.41, 5.74) is 0. The average Bonchev–Trinajstić information content (AvgIpc) is 2.77. The minimum atomic E-state index is 0.819. The standard InChI is InChI=1S/C9H13N5S/c1-7-12-9(15-13-7)11-4-3-8-10-5-6-14(8)2/h5-6H,3-4H2,1-2H3,(H,11,12,13). The number of imidazole rings is 1. The minimum Gasteiger partial charge on any atom is -0.360 e. The normalized spacial score (nSPS) is 10.5. The summed E-state index contributed by atoms with van der Waals surface area (Å²) >= 11 is 1.39. The highest BCUT2D eigenvalue weighted by molar-refractivity contribution is 7.09. The largest absolute Gasteiger partial charge is 0.360 e. The van der Waals surface area contributed by atoms with E-state index in [4.69, 9.17) is 0 Å². The molecule has 0 aliphatic rings. The molecular formula is C9H13N5S. The van der Waals surface area contributed by atoms with Gasteiger partial charge in [-0.1, -0.05) is 0 Å². The molecule has 2 rings (SSSR count). The highest BCUT2D eigenvalue weighted by Gasteiger charge is 2.01. The van der Waals surface area contributed by atoms with Gasteiger partial charge < -0.3 is 9.88 Å². The molecule has 6 heteroatoms. The van der Waals surface area contributed by atoms with Crippen molar-refractivity contribution in [1.82, 2.24) is 18.9 Å². The molecule has 0 spiro atoms. The SMILES string of the molecule is Cc1nsc(NCCc2nccn2C)n1. The van der Waals surface area contributed by atoms with E-state index < -0.39 is 0 Å². The molecule has 0 bridgehead atoms. The molecule has 0 saturated carbocycles. The topological polar surface area (TPSA) is 55.6 Å². The Labute approximate surface area is 92.4 Å². The summed E-state index contributed by atoms with van der Waals surface area (Å²) in [4.78, 5) is 8.46. The first kappa shape index (κ1) is 10.1. The first-order valence-corrected chi connectivity index (χ1v) is 5.53. The van der Waals surface area contributed by atoms with E-state index in [1.54, 1.807) is 0 Å². The van der Waals surface area contributed by atoms with Crippen LogP contribution in [0.1, 0.15) is 11.6 Å². The van der Waals surface area contributed by atoms with Gasteiger partial charge in [-0.25, -0.2) is 9.97 Å². The van der Waals surface area contributed by atoms with Gasteiger partial charge in [-0.3, -0.25) is 0 Å². The summed E-state index contributed by atoms with van der Waals surface area (Å²) in [7, 11) is 2.00. The van der Waals surface area contributed by atoms with Gasteiger partial charge in [0.1, 0.15) is 11.6 Å². The van der Waals surface area contributed by atoms with Crippen molar-refractivity contribution >= 4 is 16.7 Å². The van der Waals surface area contributed by atoms with Crippen LogP contribution in [0.2, 0.25) is 0 Å². The van der Waals surface area contributed by atoms with E-state index in [-0.39, 0.29) is 0 Å². The molecule has 0 atom stereocenters. The third-order valence-electron chi connectivity index (χ3n) is 2.07. The summed E-state index contributed by atoms with van der Waals surface area (Å²) in [6.45, 7) is 2.72. The zero-order valence-corrected chi connectivity index (χ0v) is 9.58. The lowest BCUT2D eigenvalue weighted by molar-refractivity contribution is 0.789. The molecule has 80 valence electrons. The molecule has 0 aromatic carbocycles. The number of anilines is 1.